The van der Waals surface area contributed by atoms with Crippen LogP contribution < -0.4 is 15.4 Å². The van der Waals surface area contributed by atoms with Gasteiger partial charge in [-0.05, 0) is 80.3 Å². The van der Waals surface area contributed by atoms with Crippen molar-refractivity contribution in [2.75, 3.05) is 18.5 Å². The highest BCUT2D eigenvalue weighted by atomic mass is 16.5. The molecule has 1 fully saturated rings. The summed E-state index contributed by atoms with van der Waals surface area (Å²) in [6.07, 6.45) is 6.52. The lowest BCUT2D eigenvalue weighted by atomic mass is 9.92. The van der Waals surface area contributed by atoms with E-state index in [1.165, 1.54) is 24.0 Å². The van der Waals surface area contributed by atoms with Crippen LogP contribution in [0.15, 0.2) is 42.5 Å². The fourth-order valence-electron chi connectivity index (χ4n) is 4.38. The molecule has 0 bridgehead atoms. The number of rotatable bonds is 8. The molecule has 6 heteroatoms. The first-order valence-corrected chi connectivity index (χ1v) is 11.7. The number of aryl methyl sites for hydroxylation is 2. The van der Waals surface area contributed by atoms with E-state index >= 15 is 0 Å². The minimum absolute atomic E-state index is 0.0650. The Bertz CT molecular complexity index is 953. The summed E-state index contributed by atoms with van der Waals surface area (Å²) in [6, 6.07) is 13.2. The zero-order valence-electron chi connectivity index (χ0n) is 18.7. The van der Waals surface area contributed by atoms with Crippen LogP contribution in [0.2, 0.25) is 0 Å². The molecule has 1 aliphatic heterocycles. The summed E-state index contributed by atoms with van der Waals surface area (Å²) in [5.74, 6) is 0.236. The largest absolute Gasteiger partial charge is 0.481 e. The van der Waals surface area contributed by atoms with E-state index in [1.54, 1.807) is 24.3 Å². The van der Waals surface area contributed by atoms with E-state index in [0.29, 0.717) is 24.2 Å². The Morgan fingerprint density at radius 3 is 2.69 bits per heavy atom. The Kier molecular flexibility index (Phi) is 7.43. The van der Waals surface area contributed by atoms with Crippen LogP contribution in [-0.2, 0) is 22.4 Å². The number of hydrogen-bond acceptors (Lipinski definition) is 4. The van der Waals surface area contributed by atoms with Gasteiger partial charge in [-0.1, -0.05) is 25.1 Å². The van der Waals surface area contributed by atoms with Gasteiger partial charge in [0.05, 0.1) is 17.4 Å². The van der Waals surface area contributed by atoms with E-state index < -0.39 is 6.10 Å². The van der Waals surface area contributed by atoms with Gasteiger partial charge in [0.15, 0.2) is 6.10 Å². The lowest BCUT2D eigenvalue weighted by Gasteiger charge is -2.21. The first kappa shape index (κ1) is 22.3. The predicted molar refractivity (Wildman–Crippen MR) is 124 cm³/mol. The lowest BCUT2D eigenvalue weighted by molar-refractivity contribution is -0.122. The van der Waals surface area contributed by atoms with E-state index in [-0.39, 0.29) is 17.9 Å². The summed E-state index contributed by atoms with van der Waals surface area (Å²) in [4.78, 5) is 25.7. The third-order valence-electron chi connectivity index (χ3n) is 6.21. The molecule has 2 unspecified atom stereocenters. The van der Waals surface area contributed by atoms with Crippen LogP contribution in [0.25, 0.3) is 0 Å². The standard InChI is InChI=1S/C26H32N2O4/c1-2-24(32-20-14-13-18-8-3-4-9-19(18)16-20)26(30)28-23-12-6-5-11-22(23)25(29)27-17-21-10-7-15-31-21/h5-6,11-14,16,21,24H,2-4,7-10,15,17H2,1H3,(H,27,29)(H,28,30). The second-order valence-electron chi connectivity index (χ2n) is 8.53. The second kappa shape index (κ2) is 10.6. The molecule has 1 heterocycles. The molecule has 170 valence electrons. The third kappa shape index (κ3) is 5.49. The molecule has 2 aliphatic rings. The maximum atomic E-state index is 13.0. The molecule has 2 aromatic rings. The number of carbonyl (C=O) groups excluding carboxylic acids is 2. The Balaban J connectivity index is 1.40. The normalized spacial score (nSPS) is 18.5. The van der Waals surface area contributed by atoms with Crippen LogP contribution in [0.5, 0.6) is 5.75 Å². The summed E-state index contributed by atoms with van der Waals surface area (Å²) >= 11 is 0. The maximum Gasteiger partial charge on any atom is 0.265 e. The fourth-order valence-corrected chi connectivity index (χ4v) is 4.38. The van der Waals surface area contributed by atoms with Crippen molar-refractivity contribution in [2.45, 2.75) is 64.1 Å². The van der Waals surface area contributed by atoms with Gasteiger partial charge in [-0.2, -0.15) is 0 Å². The first-order chi connectivity index (χ1) is 15.6. The summed E-state index contributed by atoms with van der Waals surface area (Å²) < 4.78 is 11.6. The van der Waals surface area contributed by atoms with Crippen LogP contribution in [0.1, 0.15) is 60.5 Å². The quantitative estimate of drug-likeness (QED) is 0.648. The van der Waals surface area contributed by atoms with E-state index in [9.17, 15) is 9.59 Å². The monoisotopic (exact) mass is 436 g/mol. The minimum atomic E-state index is -0.639. The Morgan fingerprint density at radius 1 is 1.09 bits per heavy atom. The number of benzene rings is 2. The average molecular weight is 437 g/mol. The summed E-state index contributed by atoms with van der Waals surface area (Å²) in [6.45, 7) is 3.14. The molecule has 0 spiro atoms. The molecule has 2 amide bonds. The van der Waals surface area contributed by atoms with Gasteiger partial charge < -0.3 is 20.1 Å². The van der Waals surface area contributed by atoms with Gasteiger partial charge in [0, 0.05) is 13.2 Å². The van der Waals surface area contributed by atoms with Crippen LogP contribution in [0.4, 0.5) is 5.69 Å². The molecule has 2 atom stereocenters. The molecule has 2 N–H and O–H groups in total. The van der Waals surface area contributed by atoms with E-state index in [4.69, 9.17) is 9.47 Å². The van der Waals surface area contributed by atoms with Gasteiger partial charge in [-0.15, -0.1) is 0 Å². The van der Waals surface area contributed by atoms with Crippen molar-refractivity contribution in [3.8, 4) is 5.75 Å². The third-order valence-corrected chi connectivity index (χ3v) is 6.21. The van der Waals surface area contributed by atoms with Crippen molar-refractivity contribution >= 4 is 17.5 Å². The highest BCUT2D eigenvalue weighted by Gasteiger charge is 2.22. The van der Waals surface area contributed by atoms with Crippen molar-refractivity contribution in [3.63, 3.8) is 0 Å². The number of anilines is 1. The highest BCUT2D eigenvalue weighted by molar-refractivity contribution is 6.04. The van der Waals surface area contributed by atoms with Crippen molar-refractivity contribution in [1.29, 1.82) is 0 Å². The predicted octanol–water partition coefficient (Wildman–Crippen LogP) is 4.27. The van der Waals surface area contributed by atoms with Crippen molar-refractivity contribution in [1.82, 2.24) is 5.32 Å². The van der Waals surface area contributed by atoms with Crippen molar-refractivity contribution in [3.05, 3.63) is 59.2 Å². The molecule has 2 aromatic carbocycles. The minimum Gasteiger partial charge on any atom is -0.481 e. The van der Waals surface area contributed by atoms with Gasteiger partial charge in [-0.25, -0.2) is 0 Å². The summed E-state index contributed by atoms with van der Waals surface area (Å²) in [7, 11) is 0. The van der Waals surface area contributed by atoms with Gasteiger partial charge in [-0.3, -0.25) is 9.59 Å². The molecule has 1 saturated heterocycles. The van der Waals surface area contributed by atoms with Gasteiger partial charge in [0.25, 0.3) is 11.8 Å². The Morgan fingerprint density at radius 2 is 1.91 bits per heavy atom. The number of fused-ring (bicyclic) bond motifs is 1. The second-order valence-corrected chi connectivity index (χ2v) is 8.53. The van der Waals surface area contributed by atoms with E-state index in [1.807, 2.05) is 13.0 Å². The smallest absolute Gasteiger partial charge is 0.265 e. The fraction of sp³-hybridized carbons (Fsp3) is 0.462. The van der Waals surface area contributed by atoms with Crippen LogP contribution in [0, 0.1) is 0 Å². The van der Waals surface area contributed by atoms with E-state index in [0.717, 1.165) is 38.0 Å². The van der Waals surface area contributed by atoms with Crippen LogP contribution in [0.3, 0.4) is 0 Å². The highest BCUT2D eigenvalue weighted by Crippen LogP contribution is 2.26. The first-order valence-electron chi connectivity index (χ1n) is 11.7. The number of hydrogen-bond donors (Lipinski definition) is 2. The zero-order valence-corrected chi connectivity index (χ0v) is 18.7. The SMILES string of the molecule is CCC(Oc1ccc2c(c1)CCCC2)C(=O)Nc1ccccc1C(=O)NCC1CCCO1. The summed E-state index contributed by atoms with van der Waals surface area (Å²) in [5, 5.41) is 5.82. The van der Waals surface area contributed by atoms with Crippen LogP contribution in [-0.4, -0.2) is 37.2 Å². The van der Waals surface area contributed by atoms with E-state index in [2.05, 4.69) is 22.8 Å². The molecular formula is C26H32N2O4. The molecule has 4 rings (SSSR count). The zero-order chi connectivity index (χ0) is 22.3. The van der Waals surface area contributed by atoms with Crippen LogP contribution >= 0.6 is 0 Å². The molecule has 0 aromatic heterocycles. The molecule has 6 nitrogen and oxygen atoms in total. The lowest BCUT2D eigenvalue weighted by Crippen LogP contribution is -2.35. The van der Waals surface area contributed by atoms with Gasteiger partial charge in [0.2, 0.25) is 0 Å². The molecule has 0 saturated carbocycles. The maximum absolute atomic E-state index is 13.0. The van der Waals surface area contributed by atoms with Gasteiger partial charge in [0.1, 0.15) is 5.75 Å². The topological polar surface area (TPSA) is 76.7 Å². The number of amides is 2. The average Bonchev–Trinajstić information content (AvgIpc) is 3.35. The number of carbonyl (C=O) groups is 2. The Hall–Kier alpha value is -2.86. The number of ether oxygens (including phenoxy) is 2. The number of nitrogens with one attached hydrogen (secondary N) is 2. The summed E-state index contributed by atoms with van der Waals surface area (Å²) in [5.41, 5.74) is 3.61. The van der Waals surface area contributed by atoms with Crippen molar-refractivity contribution < 1.29 is 19.1 Å². The molecule has 1 aliphatic carbocycles. The number of para-hydroxylation sites is 1. The Labute approximate surface area is 189 Å². The molecule has 32 heavy (non-hydrogen) atoms. The van der Waals surface area contributed by atoms with Crippen molar-refractivity contribution in [2.24, 2.45) is 0 Å². The molecule has 0 radical (unpaired) electrons. The molecular weight excluding hydrogens is 404 g/mol. The van der Waals surface area contributed by atoms with Gasteiger partial charge >= 0.3 is 0 Å².